The van der Waals surface area contributed by atoms with Crippen molar-refractivity contribution in [3.8, 4) is 11.3 Å². The van der Waals surface area contributed by atoms with E-state index in [1.807, 2.05) is 6.08 Å². The highest BCUT2D eigenvalue weighted by atomic mass is 19.1. The maximum absolute atomic E-state index is 13.3. The molecule has 0 amide bonds. The van der Waals surface area contributed by atoms with Gasteiger partial charge in [-0.2, -0.15) is 0 Å². The number of nitrogens with zero attached hydrogens (tertiary/aromatic N) is 1. The van der Waals surface area contributed by atoms with Crippen LogP contribution in [0.4, 0.5) is 10.1 Å². The Labute approximate surface area is 161 Å². The maximum Gasteiger partial charge on any atom is 0.342 e. The number of benzene rings is 1. The number of ether oxygens (including phenoxy) is 1. The Kier molecular flexibility index (Phi) is 5.93. The summed E-state index contributed by atoms with van der Waals surface area (Å²) in [5.41, 5.74) is 1.91. The number of aromatic nitrogens is 2. The molecule has 0 atom stereocenters. The van der Waals surface area contributed by atoms with E-state index in [9.17, 15) is 14.0 Å². The number of hydrogen-bond acceptors (Lipinski definition) is 4. The summed E-state index contributed by atoms with van der Waals surface area (Å²) in [5, 5.41) is 6.21. The fourth-order valence-electron chi connectivity index (χ4n) is 2.96. The van der Waals surface area contributed by atoms with Gasteiger partial charge in [-0.1, -0.05) is 6.08 Å². The minimum atomic E-state index is -0.549. The largest absolute Gasteiger partial charge is 0.462 e. The lowest BCUT2D eigenvalue weighted by atomic mass is 10.1. The third-order valence-corrected chi connectivity index (χ3v) is 4.30. The summed E-state index contributed by atoms with van der Waals surface area (Å²) < 4.78 is 20.1. The number of unbranched alkanes of at least 4 members (excludes halogenated alkanes) is 1. The maximum atomic E-state index is 13.3. The number of carbonyl (C=O) groups is 1. The average Bonchev–Trinajstić information content (AvgIpc) is 3.04. The van der Waals surface area contributed by atoms with Gasteiger partial charge in [0.15, 0.2) is 0 Å². The molecule has 0 aliphatic rings. The van der Waals surface area contributed by atoms with E-state index in [2.05, 4.69) is 17.0 Å². The van der Waals surface area contributed by atoms with E-state index in [1.54, 1.807) is 29.8 Å². The highest BCUT2D eigenvalue weighted by molar-refractivity contribution is 6.03. The number of H-pyrrole nitrogens is 1. The summed E-state index contributed by atoms with van der Waals surface area (Å²) in [6.07, 6.45) is 5.14. The van der Waals surface area contributed by atoms with E-state index in [4.69, 9.17) is 4.74 Å². The van der Waals surface area contributed by atoms with Gasteiger partial charge in [-0.25, -0.2) is 9.18 Å². The zero-order valence-corrected chi connectivity index (χ0v) is 15.6. The number of rotatable bonds is 8. The van der Waals surface area contributed by atoms with Crippen LogP contribution in [-0.4, -0.2) is 28.7 Å². The molecule has 3 aromatic rings. The molecule has 3 rings (SSSR count). The van der Waals surface area contributed by atoms with Gasteiger partial charge in [-0.05, 0) is 44.0 Å². The molecule has 0 unspecified atom stereocenters. The van der Waals surface area contributed by atoms with Crippen LogP contribution in [0.1, 0.15) is 30.1 Å². The van der Waals surface area contributed by atoms with Crippen LogP contribution in [0.25, 0.3) is 16.8 Å². The van der Waals surface area contributed by atoms with E-state index in [1.165, 1.54) is 18.2 Å². The number of allylic oxidation sites excluding steroid dienone is 1. The second-order valence-electron chi connectivity index (χ2n) is 6.25. The van der Waals surface area contributed by atoms with Gasteiger partial charge in [-0.15, -0.1) is 6.58 Å². The molecule has 0 bridgehead atoms. The fraction of sp³-hybridized carbons (Fsp3) is 0.238. The van der Waals surface area contributed by atoms with Gasteiger partial charge in [0.25, 0.3) is 0 Å². The Hall–Kier alpha value is -3.35. The summed E-state index contributed by atoms with van der Waals surface area (Å²) >= 11 is 0. The molecule has 1 aromatic carbocycles. The molecule has 0 saturated heterocycles. The lowest BCUT2D eigenvalue weighted by Gasteiger charge is -2.06. The smallest absolute Gasteiger partial charge is 0.342 e. The quantitative estimate of drug-likeness (QED) is 0.350. The second-order valence-corrected chi connectivity index (χ2v) is 6.25. The first-order chi connectivity index (χ1) is 13.5. The lowest BCUT2D eigenvalue weighted by molar-refractivity contribution is 0.0529. The second kappa shape index (κ2) is 8.56. The van der Waals surface area contributed by atoms with Gasteiger partial charge in [0, 0.05) is 18.2 Å². The number of anilines is 1. The van der Waals surface area contributed by atoms with Crippen LogP contribution in [0, 0.1) is 5.82 Å². The number of aromatic amines is 1. The monoisotopic (exact) mass is 383 g/mol. The highest BCUT2D eigenvalue weighted by Gasteiger charge is 2.22. The van der Waals surface area contributed by atoms with Crippen molar-refractivity contribution in [2.45, 2.75) is 19.8 Å². The average molecular weight is 383 g/mol. The van der Waals surface area contributed by atoms with Crippen molar-refractivity contribution in [2.75, 3.05) is 18.5 Å². The molecule has 6 nitrogen and oxygen atoms in total. The molecule has 0 fully saturated rings. The number of fused-ring (bicyclic) bond motifs is 1. The SMILES string of the molecule is C=CCCCNc1cn2[nH]c(-c3ccc(F)cc3)c(C(=O)OCC)c2cc1=O. The number of halogens is 1. The van der Waals surface area contributed by atoms with Gasteiger partial charge >= 0.3 is 5.97 Å². The zero-order chi connectivity index (χ0) is 20.1. The lowest BCUT2D eigenvalue weighted by Crippen LogP contribution is -2.14. The predicted molar refractivity (Wildman–Crippen MR) is 107 cm³/mol. The number of nitrogens with one attached hydrogen (secondary N) is 2. The molecule has 0 aliphatic heterocycles. The molecule has 0 saturated carbocycles. The van der Waals surface area contributed by atoms with Gasteiger partial charge in [0.05, 0.1) is 24.0 Å². The van der Waals surface area contributed by atoms with Crippen LogP contribution in [0.3, 0.4) is 0 Å². The normalized spacial score (nSPS) is 10.8. The Morgan fingerprint density at radius 3 is 2.79 bits per heavy atom. The van der Waals surface area contributed by atoms with E-state index in [0.29, 0.717) is 29.0 Å². The van der Waals surface area contributed by atoms with Crippen LogP contribution in [0.5, 0.6) is 0 Å². The Morgan fingerprint density at radius 1 is 1.36 bits per heavy atom. The van der Waals surface area contributed by atoms with Crippen LogP contribution >= 0.6 is 0 Å². The van der Waals surface area contributed by atoms with Gasteiger partial charge in [0.1, 0.15) is 17.1 Å². The molecular formula is C21H22FN3O3. The van der Waals surface area contributed by atoms with E-state index in [0.717, 1.165) is 12.8 Å². The van der Waals surface area contributed by atoms with E-state index in [-0.39, 0.29) is 23.4 Å². The number of esters is 1. The Balaban J connectivity index is 2.09. The summed E-state index contributed by atoms with van der Waals surface area (Å²) in [5.74, 6) is -0.926. The summed E-state index contributed by atoms with van der Waals surface area (Å²) in [6, 6.07) is 7.15. The van der Waals surface area contributed by atoms with Crippen LogP contribution in [0.15, 0.2) is 54.0 Å². The molecule has 7 heteroatoms. The van der Waals surface area contributed by atoms with Crippen LogP contribution in [-0.2, 0) is 4.74 Å². The van der Waals surface area contributed by atoms with Crippen molar-refractivity contribution in [3.05, 3.63) is 70.8 Å². The van der Waals surface area contributed by atoms with Crippen LogP contribution < -0.4 is 10.7 Å². The molecule has 2 N–H and O–H groups in total. The minimum Gasteiger partial charge on any atom is -0.462 e. The summed E-state index contributed by atoms with van der Waals surface area (Å²) in [7, 11) is 0. The molecule has 146 valence electrons. The molecule has 2 aromatic heterocycles. The van der Waals surface area contributed by atoms with Crippen molar-refractivity contribution in [2.24, 2.45) is 0 Å². The molecular weight excluding hydrogens is 361 g/mol. The molecule has 0 aliphatic carbocycles. The molecule has 0 radical (unpaired) electrons. The van der Waals surface area contributed by atoms with Gasteiger partial charge in [-0.3, -0.25) is 14.4 Å². The van der Waals surface area contributed by atoms with Crippen molar-refractivity contribution >= 4 is 17.2 Å². The van der Waals surface area contributed by atoms with Gasteiger partial charge < -0.3 is 10.1 Å². The standard InChI is InChI=1S/C21H22FN3O3/c1-3-5-6-11-23-16-13-25-17(12-18(16)26)19(21(27)28-4-2)20(24-25)14-7-9-15(22)10-8-14/h3,7-10,12-13,23-24H,1,4-6,11H2,2H3. The van der Waals surface area contributed by atoms with E-state index >= 15 is 0 Å². The van der Waals surface area contributed by atoms with Crippen molar-refractivity contribution in [3.63, 3.8) is 0 Å². The zero-order valence-electron chi connectivity index (χ0n) is 15.6. The minimum absolute atomic E-state index is 0.201. The van der Waals surface area contributed by atoms with Crippen molar-refractivity contribution < 1.29 is 13.9 Å². The Morgan fingerprint density at radius 2 is 2.11 bits per heavy atom. The van der Waals surface area contributed by atoms with E-state index < -0.39 is 5.97 Å². The van der Waals surface area contributed by atoms with Crippen molar-refractivity contribution in [1.29, 1.82) is 0 Å². The predicted octanol–water partition coefficient (Wildman–Crippen LogP) is 3.99. The highest BCUT2D eigenvalue weighted by Crippen LogP contribution is 2.27. The van der Waals surface area contributed by atoms with Gasteiger partial charge in [0.2, 0.25) is 5.43 Å². The summed E-state index contributed by atoms with van der Waals surface area (Å²) in [4.78, 5) is 25.1. The number of carbonyl (C=O) groups excluding carboxylic acids is 1. The van der Waals surface area contributed by atoms with Crippen molar-refractivity contribution in [1.82, 2.24) is 9.61 Å². The third kappa shape index (κ3) is 3.98. The Bertz CT molecular complexity index is 1050. The first-order valence-corrected chi connectivity index (χ1v) is 9.11. The third-order valence-electron chi connectivity index (χ3n) is 4.30. The number of hydrogen-bond donors (Lipinski definition) is 2. The number of pyridine rings is 1. The fourth-order valence-corrected chi connectivity index (χ4v) is 2.96. The topological polar surface area (TPSA) is 75.6 Å². The summed E-state index contributed by atoms with van der Waals surface area (Å²) in [6.45, 7) is 6.22. The molecule has 2 heterocycles. The molecule has 0 spiro atoms. The molecule has 28 heavy (non-hydrogen) atoms. The first kappa shape index (κ1) is 19.4. The first-order valence-electron chi connectivity index (χ1n) is 9.11. The van der Waals surface area contributed by atoms with Crippen LogP contribution in [0.2, 0.25) is 0 Å².